The number of aryl methyl sites for hydroxylation is 1. The van der Waals surface area contributed by atoms with Gasteiger partial charge >= 0.3 is 0 Å². The van der Waals surface area contributed by atoms with Crippen LogP contribution >= 0.6 is 11.8 Å². The van der Waals surface area contributed by atoms with E-state index in [1.165, 1.54) is 16.0 Å². The van der Waals surface area contributed by atoms with Gasteiger partial charge in [0.1, 0.15) is 0 Å². The van der Waals surface area contributed by atoms with Crippen molar-refractivity contribution < 1.29 is 4.74 Å². The maximum absolute atomic E-state index is 5.05. The number of hydrogen-bond acceptors (Lipinski definition) is 3. The molecule has 1 rings (SSSR count). The van der Waals surface area contributed by atoms with Crippen molar-refractivity contribution in [2.75, 3.05) is 26.5 Å². The Hall–Kier alpha value is -0.510. The second-order valence-corrected chi connectivity index (χ2v) is 4.97. The molecule has 0 aliphatic heterocycles. The van der Waals surface area contributed by atoms with Gasteiger partial charge in [0.2, 0.25) is 0 Å². The topological polar surface area (TPSA) is 21.3 Å². The molecule has 0 radical (unpaired) electrons. The first-order valence-electron chi connectivity index (χ1n) is 5.63. The molecule has 1 aromatic carbocycles. The molecule has 0 aromatic heterocycles. The van der Waals surface area contributed by atoms with Crippen molar-refractivity contribution in [3.63, 3.8) is 0 Å². The van der Waals surface area contributed by atoms with Crippen molar-refractivity contribution in [2.45, 2.75) is 24.8 Å². The van der Waals surface area contributed by atoms with Gasteiger partial charge in [-0.25, -0.2) is 0 Å². The molecule has 1 aromatic rings. The zero-order valence-electron chi connectivity index (χ0n) is 10.4. The lowest BCUT2D eigenvalue weighted by molar-refractivity contribution is 0.200. The first-order chi connectivity index (χ1) is 7.77. The summed E-state index contributed by atoms with van der Waals surface area (Å²) in [5.41, 5.74) is 2.72. The van der Waals surface area contributed by atoms with Gasteiger partial charge in [0.25, 0.3) is 0 Å². The summed E-state index contributed by atoms with van der Waals surface area (Å²) < 4.78 is 5.05. The Bertz CT molecular complexity index is 315. The molecule has 3 heteroatoms. The molecule has 1 N–H and O–H groups in total. The first-order valence-corrected chi connectivity index (χ1v) is 6.62. The van der Waals surface area contributed by atoms with Crippen LogP contribution in [0.25, 0.3) is 0 Å². The first kappa shape index (κ1) is 13.6. The Labute approximate surface area is 103 Å². The second-order valence-electron chi connectivity index (χ2n) is 3.84. The summed E-state index contributed by atoms with van der Waals surface area (Å²) in [6, 6.07) is 6.66. The molecule has 0 spiro atoms. The normalized spacial score (nSPS) is 10.7. The van der Waals surface area contributed by atoms with Gasteiger partial charge in [0.05, 0.1) is 0 Å². The minimum absolute atomic E-state index is 0.847. The molecular formula is C13H21NOS. The number of ether oxygens (including phenoxy) is 1. The molecule has 0 unspecified atom stereocenters. The van der Waals surface area contributed by atoms with E-state index in [4.69, 9.17) is 4.74 Å². The predicted octanol–water partition coefficient (Wildman–Crippen LogP) is 2.84. The second kappa shape index (κ2) is 7.71. The van der Waals surface area contributed by atoms with Crippen molar-refractivity contribution in [2.24, 2.45) is 0 Å². The van der Waals surface area contributed by atoms with Gasteiger partial charge < -0.3 is 10.1 Å². The molecule has 0 aliphatic rings. The molecule has 0 amide bonds. The van der Waals surface area contributed by atoms with Crippen LogP contribution in [0.5, 0.6) is 0 Å². The van der Waals surface area contributed by atoms with Crippen LogP contribution in [-0.4, -0.2) is 26.5 Å². The number of rotatable bonds is 7. The van der Waals surface area contributed by atoms with Crippen LogP contribution in [0.1, 0.15) is 17.5 Å². The molecule has 0 saturated carbocycles. The molecule has 0 heterocycles. The van der Waals surface area contributed by atoms with Crippen LogP contribution in [0.15, 0.2) is 23.1 Å². The zero-order chi connectivity index (χ0) is 11.8. The van der Waals surface area contributed by atoms with Crippen molar-refractivity contribution in [3.05, 3.63) is 29.3 Å². The Morgan fingerprint density at radius 3 is 2.88 bits per heavy atom. The summed E-state index contributed by atoms with van der Waals surface area (Å²) in [5.74, 6) is 1.12. The Morgan fingerprint density at radius 2 is 2.19 bits per heavy atom. The van der Waals surface area contributed by atoms with E-state index in [9.17, 15) is 0 Å². The third kappa shape index (κ3) is 4.56. The highest BCUT2D eigenvalue weighted by Crippen LogP contribution is 2.24. The fraction of sp³-hybridized carbons (Fsp3) is 0.538. The van der Waals surface area contributed by atoms with Gasteiger partial charge in [-0.3, -0.25) is 0 Å². The molecule has 0 bridgehead atoms. The zero-order valence-corrected chi connectivity index (χ0v) is 11.2. The van der Waals surface area contributed by atoms with Gasteiger partial charge in [-0.2, -0.15) is 0 Å². The van der Waals surface area contributed by atoms with Crippen LogP contribution in [0, 0.1) is 6.92 Å². The maximum Gasteiger partial charge on any atom is 0.0470 e. The molecule has 0 fully saturated rings. The smallest absolute Gasteiger partial charge is 0.0470 e. The van der Waals surface area contributed by atoms with Crippen molar-refractivity contribution >= 4 is 11.8 Å². The van der Waals surface area contributed by atoms with Crippen LogP contribution in [0.2, 0.25) is 0 Å². The Morgan fingerprint density at radius 1 is 1.38 bits per heavy atom. The molecular weight excluding hydrogens is 218 g/mol. The summed E-state index contributed by atoms with van der Waals surface area (Å²) in [6.45, 7) is 3.92. The van der Waals surface area contributed by atoms with E-state index in [2.05, 4.69) is 30.4 Å². The minimum atomic E-state index is 0.847. The summed E-state index contributed by atoms with van der Waals surface area (Å²) >= 11 is 1.92. The number of nitrogens with one attached hydrogen (secondary N) is 1. The van der Waals surface area contributed by atoms with Crippen LogP contribution in [-0.2, 0) is 11.3 Å². The van der Waals surface area contributed by atoms with Crippen molar-refractivity contribution in [1.82, 2.24) is 5.32 Å². The van der Waals surface area contributed by atoms with Gasteiger partial charge in [0, 0.05) is 30.9 Å². The third-order valence-corrected chi connectivity index (χ3v) is 3.54. The minimum Gasteiger partial charge on any atom is -0.385 e. The van der Waals surface area contributed by atoms with Gasteiger partial charge in [0.15, 0.2) is 0 Å². The van der Waals surface area contributed by atoms with E-state index in [1.807, 2.05) is 18.8 Å². The van der Waals surface area contributed by atoms with Gasteiger partial charge in [-0.1, -0.05) is 17.7 Å². The molecule has 0 aliphatic carbocycles. The number of benzene rings is 1. The van der Waals surface area contributed by atoms with Crippen LogP contribution < -0.4 is 5.32 Å². The summed E-state index contributed by atoms with van der Waals surface area (Å²) in [5, 5.41) is 3.22. The highest BCUT2D eigenvalue weighted by Gasteiger charge is 2.02. The highest BCUT2D eigenvalue weighted by molar-refractivity contribution is 7.99. The third-order valence-electron chi connectivity index (χ3n) is 2.33. The number of methoxy groups -OCH3 is 1. The summed E-state index contributed by atoms with van der Waals surface area (Å²) in [6.07, 6.45) is 1.11. The van der Waals surface area contributed by atoms with E-state index in [1.54, 1.807) is 7.11 Å². The van der Waals surface area contributed by atoms with E-state index in [-0.39, 0.29) is 0 Å². The standard InChI is InChI=1S/C13H21NOS/c1-11-5-6-13(12(9-11)10-14-2)16-8-4-7-15-3/h5-6,9,14H,4,7-8,10H2,1-3H3. The summed E-state index contributed by atoms with van der Waals surface area (Å²) in [4.78, 5) is 1.39. The molecule has 0 saturated heterocycles. The molecule has 16 heavy (non-hydrogen) atoms. The lowest BCUT2D eigenvalue weighted by atomic mass is 10.1. The number of thioether (sulfide) groups is 1. The van der Waals surface area contributed by atoms with Crippen LogP contribution in [0.3, 0.4) is 0 Å². The SMILES string of the molecule is CNCc1cc(C)ccc1SCCCOC. The van der Waals surface area contributed by atoms with Crippen molar-refractivity contribution in [3.8, 4) is 0 Å². The Balaban J connectivity index is 2.56. The maximum atomic E-state index is 5.05. The highest BCUT2D eigenvalue weighted by atomic mass is 32.2. The quantitative estimate of drug-likeness (QED) is 0.584. The van der Waals surface area contributed by atoms with E-state index in [0.29, 0.717) is 0 Å². The lowest BCUT2D eigenvalue weighted by Gasteiger charge is -2.09. The molecule has 90 valence electrons. The molecule has 0 atom stereocenters. The Kier molecular flexibility index (Phi) is 6.53. The fourth-order valence-corrected chi connectivity index (χ4v) is 2.53. The summed E-state index contributed by atoms with van der Waals surface area (Å²) in [7, 11) is 3.74. The number of hydrogen-bond donors (Lipinski definition) is 1. The van der Waals surface area contributed by atoms with E-state index >= 15 is 0 Å². The van der Waals surface area contributed by atoms with Crippen LogP contribution in [0.4, 0.5) is 0 Å². The predicted molar refractivity (Wildman–Crippen MR) is 71.2 cm³/mol. The van der Waals surface area contributed by atoms with Gasteiger partial charge in [-0.15, -0.1) is 11.8 Å². The molecule has 2 nitrogen and oxygen atoms in total. The van der Waals surface area contributed by atoms with E-state index < -0.39 is 0 Å². The largest absolute Gasteiger partial charge is 0.385 e. The lowest BCUT2D eigenvalue weighted by Crippen LogP contribution is -2.06. The van der Waals surface area contributed by atoms with Crippen molar-refractivity contribution in [1.29, 1.82) is 0 Å². The average molecular weight is 239 g/mol. The average Bonchev–Trinajstić information content (AvgIpc) is 2.27. The van der Waals surface area contributed by atoms with Gasteiger partial charge in [-0.05, 0) is 32.0 Å². The van der Waals surface area contributed by atoms with E-state index in [0.717, 1.165) is 25.3 Å². The monoisotopic (exact) mass is 239 g/mol. The fourth-order valence-electron chi connectivity index (χ4n) is 1.56.